The first-order valence-corrected chi connectivity index (χ1v) is 11.7. The molecule has 8 nitrogen and oxygen atoms in total. The predicted molar refractivity (Wildman–Crippen MR) is 121 cm³/mol. The van der Waals surface area contributed by atoms with Crippen LogP contribution in [0.3, 0.4) is 0 Å². The van der Waals surface area contributed by atoms with Crippen molar-refractivity contribution in [2.45, 2.75) is 64.5 Å². The van der Waals surface area contributed by atoms with Crippen LogP contribution in [0, 0.1) is 26.7 Å². The summed E-state index contributed by atoms with van der Waals surface area (Å²) in [6.45, 7) is 8.39. The lowest BCUT2D eigenvalue weighted by Crippen LogP contribution is -2.38. The lowest BCUT2D eigenvalue weighted by molar-refractivity contribution is -0.121. The Kier molecular flexibility index (Phi) is 5.78. The molecule has 5 rings (SSSR count). The molecule has 3 heterocycles. The fourth-order valence-electron chi connectivity index (χ4n) is 5.77. The second-order valence-corrected chi connectivity index (χ2v) is 9.66. The maximum atomic E-state index is 12.8. The Morgan fingerprint density at radius 3 is 2.70 bits per heavy atom. The molecule has 0 spiro atoms. The van der Waals surface area contributed by atoms with Crippen LogP contribution in [-0.2, 0) is 23.2 Å². The summed E-state index contributed by atoms with van der Waals surface area (Å²) < 4.78 is 10.9. The highest BCUT2D eigenvalue weighted by atomic mass is 16.5. The van der Waals surface area contributed by atoms with E-state index in [-0.39, 0.29) is 17.4 Å². The zero-order valence-electron chi connectivity index (χ0n) is 19.5. The second kappa shape index (κ2) is 8.74. The minimum atomic E-state index is -0.213. The number of likely N-dealkylation sites (tertiary alicyclic amines) is 1. The Labute approximate surface area is 193 Å². The van der Waals surface area contributed by atoms with Crippen molar-refractivity contribution < 1.29 is 13.8 Å². The largest absolute Gasteiger partial charge is 0.361 e. The summed E-state index contributed by atoms with van der Waals surface area (Å²) >= 11 is 0. The Morgan fingerprint density at radius 2 is 2.00 bits per heavy atom. The summed E-state index contributed by atoms with van der Waals surface area (Å²) in [7, 11) is 0. The maximum Gasteiger partial charge on any atom is 0.234 e. The smallest absolute Gasteiger partial charge is 0.234 e. The van der Waals surface area contributed by atoms with Gasteiger partial charge in [-0.05, 0) is 51.5 Å². The fourth-order valence-corrected chi connectivity index (χ4v) is 5.77. The minimum absolute atomic E-state index is 0.0676. The lowest BCUT2D eigenvalue weighted by atomic mass is 9.80. The normalized spacial score (nSPS) is 24.8. The number of amides is 1. The van der Waals surface area contributed by atoms with Crippen molar-refractivity contribution in [1.82, 2.24) is 25.5 Å². The fraction of sp³-hybridized carbons (Fsp3) is 0.520. The molecule has 2 aromatic heterocycles. The molecule has 2 aliphatic rings. The van der Waals surface area contributed by atoms with Crippen LogP contribution in [0.4, 0.5) is 0 Å². The van der Waals surface area contributed by atoms with Crippen LogP contribution in [0.5, 0.6) is 0 Å². The van der Waals surface area contributed by atoms with Gasteiger partial charge in [0.1, 0.15) is 5.76 Å². The first-order valence-electron chi connectivity index (χ1n) is 11.7. The summed E-state index contributed by atoms with van der Waals surface area (Å²) in [6.07, 6.45) is 2.81. The van der Waals surface area contributed by atoms with Crippen LogP contribution in [0.25, 0.3) is 0 Å². The molecule has 2 fully saturated rings. The third-order valence-electron chi connectivity index (χ3n) is 7.30. The van der Waals surface area contributed by atoms with E-state index in [1.165, 1.54) is 5.56 Å². The molecular weight excluding hydrogens is 418 g/mol. The number of benzene rings is 1. The number of carbonyl (C=O) groups excluding carboxylic acids is 1. The van der Waals surface area contributed by atoms with Crippen LogP contribution < -0.4 is 5.32 Å². The standard InChI is InChI=1S/C25H31N5O3/c1-16-22(17(2)32-28-16)9-10-23(31)27-21-11-20-14-30(13-19-7-5-4-6-8-19)15-25(20,12-21)24-26-18(3)29-33-24/h4-8,20-21H,9-15H2,1-3H3,(H,27,31). The molecule has 33 heavy (non-hydrogen) atoms. The topological polar surface area (TPSA) is 97.3 Å². The number of aryl methyl sites for hydroxylation is 3. The third-order valence-corrected chi connectivity index (χ3v) is 7.30. The van der Waals surface area contributed by atoms with E-state index in [1.807, 2.05) is 26.8 Å². The third kappa shape index (κ3) is 4.31. The van der Waals surface area contributed by atoms with E-state index in [9.17, 15) is 4.79 Å². The van der Waals surface area contributed by atoms with Gasteiger partial charge in [0.05, 0.1) is 11.1 Å². The summed E-state index contributed by atoms with van der Waals surface area (Å²) in [6, 6.07) is 10.6. The average molecular weight is 450 g/mol. The maximum absolute atomic E-state index is 12.8. The van der Waals surface area contributed by atoms with E-state index in [0.29, 0.717) is 30.5 Å². The highest BCUT2D eigenvalue weighted by Gasteiger charge is 2.57. The van der Waals surface area contributed by atoms with Crippen molar-refractivity contribution in [1.29, 1.82) is 0 Å². The zero-order chi connectivity index (χ0) is 23.0. The Hall–Kier alpha value is -3.00. The van der Waals surface area contributed by atoms with Gasteiger partial charge < -0.3 is 14.4 Å². The van der Waals surface area contributed by atoms with E-state index in [2.05, 4.69) is 49.8 Å². The van der Waals surface area contributed by atoms with Gasteiger partial charge >= 0.3 is 0 Å². The average Bonchev–Trinajstić information content (AvgIpc) is 3.52. The van der Waals surface area contributed by atoms with Gasteiger partial charge in [-0.15, -0.1) is 0 Å². The Balaban J connectivity index is 1.26. The molecule has 3 aromatic rings. The molecule has 3 unspecified atom stereocenters. The van der Waals surface area contributed by atoms with Crippen molar-refractivity contribution in [2.24, 2.45) is 5.92 Å². The number of fused-ring (bicyclic) bond motifs is 1. The van der Waals surface area contributed by atoms with Crippen molar-refractivity contribution in [3.8, 4) is 0 Å². The Bertz CT molecular complexity index is 1100. The molecule has 3 atom stereocenters. The van der Waals surface area contributed by atoms with Gasteiger partial charge in [0, 0.05) is 37.7 Å². The van der Waals surface area contributed by atoms with Crippen LogP contribution in [0.1, 0.15) is 53.6 Å². The number of hydrogen-bond acceptors (Lipinski definition) is 7. The number of nitrogens with zero attached hydrogens (tertiary/aromatic N) is 4. The second-order valence-electron chi connectivity index (χ2n) is 9.66. The molecule has 1 saturated heterocycles. The van der Waals surface area contributed by atoms with Gasteiger partial charge in [0.2, 0.25) is 11.8 Å². The number of hydrogen-bond donors (Lipinski definition) is 1. The van der Waals surface area contributed by atoms with E-state index in [0.717, 1.165) is 49.5 Å². The molecule has 1 aromatic carbocycles. The Morgan fingerprint density at radius 1 is 1.18 bits per heavy atom. The zero-order valence-corrected chi connectivity index (χ0v) is 19.5. The number of aromatic nitrogens is 3. The molecule has 0 bridgehead atoms. The minimum Gasteiger partial charge on any atom is -0.361 e. The SMILES string of the molecule is Cc1noc(C23CC(NC(=O)CCc4c(C)noc4C)CC2CN(Cc2ccccc2)C3)n1. The van der Waals surface area contributed by atoms with Gasteiger partial charge in [-0.2, -0.15) is 4.98 Å². The highest BCUT2D eigenvalue weighted by Crippen LogP contribution is 2.50. The van der Waals surface area contributed by atoms with Gasteiger partial charge in [-0.25, -0.2) is 0 Å². The molecule has 8 heteroatoms. The summed E-state index contributed by atoms with van der Waals surface area (Å²) in [5, 5.41) is 11.3. The highest BCUT2D eigenvalue weighted by molar-refractivity contribution is 5.76. The molecular formula is C25H31N5O3. The molecule has 174 valence electrons. The number of rotatable bonds is 7. The quantitative estimate of drug-likeness (QED) is 0.591. The van der Waals surface area contributed by atoms with Gasteiger partial charge in [0.15, 0.2) is 5.82 Å². The van der Waals surface area contributed by atoms with E-state index < -0.39 is 0 Å². The number of carbonyl (C=O) groups is 1. The van der Waals surface area contributed by atoms with Crippen molar-refractivity contribution in [2.75, 3.05) is 13.1 Å². The predicted octanol–water partition coefficient (Wildman–Crippen LogP) is 3.26. The van der Waals surface area contributed by atoms with E-state index in [1.54, 1.807) is 0 Å². The van der Waals surface area contributed by atoms with E-state index >= 15 is 0 Å². The monoisotopic (exact) mass is 449 g/mol. The van der Waals surface area contributed by atoms with Crippen molar-refractivity contribution in [3.05, 3.63) is 64.6 Å². The van der Waals surface area contributed by atoms with Gasteiger partial charge in [-0.3, -0.25) is 9.69 Å². The van der Waals surface area contributed by atoms with Crippen LogP contribution in [0.15, 0.2) is 39.4 Å². The van der Waals surface area contributed by atoms with Crippen LogP contribution in [0.2, 0.25) is 0 Å². The molecule has 1 N–H and O–H groups in total. The molecule has 0 radical (unpaired) electrons. The summed E-state index contributed by atoms with van der Waals surface area (Å²) in [5.41, 5.74) is 2.98. The van der Waals surface area contributed by atoms with Crippen LogP contribution in [-0.4, -0.2) is 45.2 Å². The first-order chi connectivity index (χ1) is 15.9. The molecule has 1 aliphatic heterocycles. The number of nitrogens with one attached hydrogen (secondary N) is 1. The molecule has 1 saturated carbocycles. The molecule has 1 amide bonds. The van der Waals surface area contributed by atoms with Crippen molar-refractivity contribution >= 4 is 5.91 Å². The summed E-state index contributed by atoms with van der Waals surface area (Å²) in [4.78, 5) is 19.9. The lowest BCUT2D eigenvalue weighted by Gasteiger charge is -2.25. The van der Waals surface area contributed by atoms with Crippen molar-refractivity contribution in [3.63, 3.8) is 0 Å². The van der Waals surface area contributed by atoms with Gasteiger partial charge in [-0.1, -0.05) is 40.6 Å². The first kappa shape index (κ1) is 21.8. The molecule has 1 aliphatic carbocycles. The van der Waals surface area contributed by atoms with E-state index in [4.69, 9.17) is 9.05 Å². The summed E-state index contributed by atoms with van der Waals surface area (Å²) in [5.74, 6) is 2.60. The van der Waals surface area contributed by atoms with Gasteiger partial charge in [0.25, 0.3) is 0 Å². The van der Waals surface area contributed by atoms with Crippen LogP contribution >= 0.6 is 0 Å².